The van der Waals surface area contributed by atoms with Gasteiger partial charge in [-0.2, -0.15) is 0 Å². The zero-order chi connectivity index (χ0) is 18.4. The van der Waals surface area contributed by atoms with Crippen molar-refractivity contribution >= 4 is 32.6 Å². The molecule has 25 heavy (non-hydrogen) atoms. The molecule has 0 amide bonds. The number of hydrogen-bond donors (Lipinski definition) is 0. The van der Waals surface area contributed by atoms with E-state index < -0.39 is 26.4 Å². The van der Waals surface area contributed by atoms with E-state index in [0.717, 1.165) is 35.1 Å². The predicted molar refractivity (Wildman–Crippen MR) is 96.2 cm³/mol. The Morgan fingerprint density at radius 3 is 2.04 bits per heavy atom. The Bertz CT molecular complexity index is 1010. The quantitative estimate of drug-likeness (QED) is 0.733. The summed E-state index contributed by atoms with van der Waals surface area (Å²) < 4.78 is 51.5. The van der Waals surface area contributed by atoms with Crippen LogP contribution in [-0.4, -0.2) is 14.7 Å². The molecule has 130 valence electrons. The number of hydrogen-bond acceptors (Lipinski definition) is 2. The Morgan fingerprint density at radius 1 is 0.960 bits per heavy atom. The minimum absolute atomic E-state index is 0.294. The van der Waals surface area contributed by atoms with Crippen molar-refractivity contribution in [2.45, 2.75) is 18.2 Å². The van der Waals surface area contributed by atoms with E-state index in [0.29, 0.717) is 22.6 Å². The Morgan fingerprint density at radius 2 is 1.52 bits per heavy atom. The van der Waals surface area contributed by atoms with Gasteiger partial charge in [-0.1, -0.05) is 35.9 Å². The van der Waals surface area contributed by atoms with Gasteiger partial charge >= 0.3 is 0 Å². The fourth-order valence-electron chi connectivity index (χ4n) is 2.89. The lowest BCUT2D eigenvalue weighted by molar-refractivity contribution is 0.521. The summed E-state index contributed by atoms with van der Waals surface area (Å²) in [6.07, 6.45) is 5.18. The summed E-state index contributed by atoms with van der Waals surface area (Å²) in [6.45, 7) is 1.89. The molecule has 0 bridgehead atoms. The van der Waals surface area contributed by atoms with Gasteiger partial charge < -0.3 is 0 Å². The maximum Gasteiger partial charge on any atom is 0.181 e. The van der Waals surface area contributed by atoms with Gasteiger partial charge in [-0.05, 0) is 59.4 Å². The number of aryl methyl sites for hydroxylation is 1. The van der Waals surface area contributed by atoms with Gasteiger partial charge in [-0.15, -0.1) is 0 Å². The van der Waals surface area contributed by atoms with Gasteiger partial charge in [0, 0.05) is 11.3 Å². The Labute approximate surface area is 150 Å². The van der Waals surface area contributed by atoms with Crippen molar-refractivity contribution < 1.29 is 17.2 Å². The molecular weight excluding hydrogens is 366 g/mol. The molecule has 0 aliphatic heterocycles. The maximum absolute atomic E-state index is 14.2. The van der Waals surface area contributed by atoms with Gasteiger partial charge in [0.15, 0.2) is 9.84 Å². The van der Waals surface area contributed by atoms with Gasteiger partial charge in [0.2, 0.25) is 0 Å². The highest BCUT2D eigenvalue weighted by Crippen LogP contribution is 2.38. The van der Waals surface area contributed by atoms with Crippen molar-refractivity contribution in [3.63, 3.8) is 0 Å². The summed E-state index contributed by atoms with van der Waals surface area (Å²) in [5.41, 5.74) is 3.53. The first-order chi connectivity index (χ1) is 11.7. The molecular formula is C19H15ClF2O2S. The summed E-state index contributed by atoms with van der Waals surface area (Å²) in [5, 5.41) is 0.606. The van der Waals surface area contributed by atoms with Crippen LogP contribution in [0.4, 0.5) is 8.78 Å². The normalized spacial score (nSPS) is 14.4. The highest BCUT2D eigenvalue weighted by Gasteiger charge is 2.23. The first-order valence-electron chi connectivity index (χ1n) is 7.55. The van der Waals surface area contributed by atoms with Crippen LogP contribution in [0.15, 0.2) is 47.4 Å². The lowest BCUT2D eigenvalue weighted by Gasteiger charge is -2.13. The predicted octanol–water partition coefficient (Wildman–Crippen LogP) is 5.20. The summed E-state index contributed by atoms with van der Waals surface area (Å²) in [5.74, 6) is -2.18. The van der Waals surface area contributed by atoms with Gasteiger partial charge in [0.25, 0.3) is 0 Å². The lowest BCUT2D eigenvalue weighted by Crippen LogP contribution is -2.05. The number of allylic oxidation sites excluding steroid dienone is 4. The van der Waals surface area contributed by atoms with E-state index >= 15 is 0 Å². The molecule has 1 aliphatic carbocycles. The molecule has 0 saturated heterocycles. The van der Waals surface area contributed by atoms with Crippen LogP contribution < -0.4 is 0 Å². The van der Waals surface area contributed by atoms with E-state index in [9.17, 15) is 17.2 Å². The molecule has 0 radical (unpaired) electrons. The third-order valence-corrected chi connectivity index (χ3v) is 5.64. The zero-order valence-corrected chi connectivity index (χ0v) is 15.2. The fraction of sp³-hybridized carbons (Fsp3) is 0.158. The van der Waals surface area contributed by atoms with E-state index in [1.807, 2.05) is 31.2 Å². The average Bonchev–Trinajstić information content (AvgIpc) is 2.97. The van der Waals surface area contributed by atoms with Gasteiger partial charge in [0.1, 0.15) is 16.5 Å². The molecule has 0 atom stereocenters. The van der Waals surface area contributed by atoms with Crippen molar-refractivity contribution in [3.8, 4) is 0 Å². The molecule has 6 heteroatoms. The Kier molecular flexibility index (Phi) is 4.56. The fourth-order valence-corrected chi connectivity index (χ4v) is 3.90. The number of halogens is 3. The second kappa shape index (κ2) is 6.39. The SMILES string of the molecule is Cc1ccc(C2=CCC=C2c2cc(F)c(S(C)(=O)=O)c(F)c2)cc1Cl. The van der Waals surface area contributed by atoms with Crippen LogP contribution in [0.2, 0.25) is 5.02 Å². The third kappa shape index (κ3) is 3.39. The molecule has 0 heterocycles. The van der Waals surface area contributed by atoms with Crippen LogP contribution in [0.25, 0.3) is 11.1 Å². The van der Waals surface area contributed by atoms with Crippen molar-refractivity contribution in [1.29, 1.82) is 0 Å². The third-order valence-electron chi connectivity index (χ3n) is 4.10. The minimum atomic E-state index is -3.98. The molecule has 0 N–H and O–H groups in total. The molecule has 2 aromatic carbocycles. The second-order valence-electron chi connectivity index (χ2n) is 5.98. The number of sulfone groups is 1. The molecule has 1 aliphatic rings. The topological polar surface area (TPSA) is 34.1 Å². The summed E-state index contributed by atoms with van der Waals surface area (Å²) in [4.78, 5) is -0.904. The van der Waals surface area contributed by atoms with E-state index in [1.54, 1.807) is 6.07 Å². The Hall–Kier alpha value is -1.98. The molecule has 0 unspecified atom stereocenters. The van der Waals surface area contributed by atoms with E-state index in [4.69, 9.17) is 11.6 Å². The smallest absolute Gasteiger partial charge is 0.181 e. The molecule has 0 spiro atoms. The standard InChI is InChI=1S/C19H15ClF2O2S/c1-11-6-7-12(8-16(11)20)14-4-3-5-15(14)13-9-17(21)19(18(22)10-13)25(2,23)24/h4-10H,3H2,1-2H3. The maximum atomic E-state index is 14.2. The van der Waals surface area contributed by atoms with E-state index in [1.165, 1.54) is 0 Å². The van der Waals surface area contributed by atoms with Crippen molar-refractivity contribution in [2.75, 3.05) is 6.26 Å². The van der Waals surface area contributed by atoms with Crippen molar-refractivity contribution in [3.05, 3.63) is 75.8 Å². The Balaban J connectivity index is 2.08. The monoisotopic (exact) mass is 380 g/mol. The average molecular weight is 381 g/mol. The molecule has 2 aromatic rings. The van der Waals surface area contributed by atoms with Crippen LogP contribution in [0.3, 0.4) is 0 Å². The van der Waals surface area contributed by atoms with Crippen LogP contribution >= 0.6 is 11.6 Å². The summed E-state index contributed by atoms with van der Waals surface area (Å²) >= 11 is 6.17. The van der Waals surface area contributed by atoms with E-state index in [2.05, 4.69) is 0 Å². The molecule has 2 nitrogen and oxygen atoms in total. The molecule has 0 saturated carbocycles. The van der Waals surface area contributed by atoms with Crippen LogP contribution in [0, 0.1) is 18.6 Å². The second-order valence-corrected chi connectivity index (χ2v) is 8.34. The van der Waals surface area contributed by atoms with Gasteiger partial charge in [0.05, 0.1) is 0 Å². The number of benzene rings is 2. The van der Waals surface area contributed by atoms with Crippen LogP contribution in [0.1, 0.15) is 23.1 Å². The van der Waals surface area contributed by atoms with Crippen molar-refractivity contribution in [2.24, 2.45) is 0 Å². The van der Waals surface area contributed by atoms with Crippen molar-refractivity contribution in [1.82, 2.24) is 0 Å². The lowest BCUT2D eigenvalue weighted by atomic mass is 9.94. The highest BCUT2D eigenvalue weighted by molar-refractivity contribution is 7.90. The minimum Gasteiger partial charge on any atom is -0.224 e. The zero-order valence-electron chi connectivity index (χ0n) is 13.6. The summed E-state index contributed by atoms with van der Waals surface area (Å²) in [7, 11) is -3.98. The first-order valence-corrected chi connectivity index (χ1v) is 9.82. The number of rotatable bonds is 3. The molecule has 0 aromatic heterocycles. The van der Waals surface area contributed by atoms with Gasteiger partial charge in [-0.25, -0.2) is 17.2 Å². The van der Waals surface area contributed by atoms with Crippen LogP contribution in [-0.2, 0) is 9.84 Å². The summed E-state index contributed by atoms with van der Waals surface area (Å²) in [6, 6.07) is 7.69. The van der Waals surface area contributed by atoms with Crippen LogP contribution in [0.5, 0.6) is 0 Å². The largest absolute Gasteiger partial charge is 0.224 e. The van der Waals surface area contributed by atoms with Gasteiger partial charge in [-0.3, -0.25) is 0 Å². The molecule has 3 rings (SSSR count). The highest BCUT2D eigenvalue weighted by atomic mass is 35.5. The first kappa shape index (κ1) is 17.8. The molecule has 0 fully saturated rings. The van der Waals surface area contributed by atoms with E-state index in [-0.39, 0.29) is 0 Å².